The standard InChI is InChI=1S/C30H30ClN5O2S/c1-18-8-4-5-9-23(18)33-27(38)13-15-35-29(28(34-30(35)39)24-10-6-7-14-32-24)22-16-19(2)36(20(22)3)25-17-21(31)11-12-26(25)37/h4-12,14,16-17,28-29,37H,13,15H2,1-3H3,(H,33,38)(H,34,39)/t28-,29+/m0/s1. The van der Waals surface area contributed by atoms with E-state index < -0.39 is 0 Å². The van der Waals surface area contributed by atoms with Crippen molar-refractivity contribution in [1.82, 2.24) is 19.8 Å². The van der Waals surface area contributed by atoms with E-state index in [1.165, 1.54) is 0 Å². The first kappa shape index (κ1) is 26.7. The zero-order valence-corrected chi connectivity index (χ0v) is 23.6. The number of rotatable bonds is 7. The minimum Gasteiger partial charge on any atom is -0.506 e. The lowest BCUT2D eigenvalue weighted by atomic mass is 9.96. The molecule has 9 heteroatoms. The van der Waals surface area contributed by atoms with Crippen LogP contribution in [0.4, 0.5) is 5.69 Å². The van der Waals surface area contributed by atoms with Crippen LogP contribution in [0.15, 0.2) is 72.9 Å². The SMILES string of the molecule is Cc1ccccc1NC(=O)CCN1C(=S)N[C@@H](c2ccccn2)[C@H]1c1cc(C)n(-c2cc(Cl)ccc2O)c1C. The summed E-state index contributed by atoms with van der Waals surface area (Å²) < 4.78 is 2.00. The molecule has 2 atom stereocenters. The third-order valence-electron chi connectivity index (χ3n) is 7.16. The highest BCUT2D eigenvalue weighted by molar-refractivity contribution is 7.80. The summed E-state index contributed by atoms with van der Waals surface area (Å²) >= 11 is 12.1. The maximum Gasteiger partial charge on any atom is 0.226 e. The van der Waals surface area contributed by atoms with E-state index in [2.05, 4.69) is 26.6 Å². The lowest BCUT2D eigenvalue weighted by Crippen LogP contribution is -2.33. The Balaban J connectivity index is 1.50. The lowest BCUT2D eigenvalue weighted by Gasteiger charge is -2.28. The summed E-state index contributed by atoms with van der Waals surface area (Å²) in [7, 11) is 0. The van der Waals surface area contributed by atoms with Gasteiger partial charge in [0.1, 0.15) is 5.75 Å². The molecule has 0 bridgehead atoms. The number of pyridine rings is 1. The van der Waals surface area contributed by atoms with Crippen molar-refractivity contribution in [2.45, 2.75) is 39.3 Å². The highest BCUT2D eigenvalue weighted by atomic mass is 35.5. The molecule has 3 N–H and O–H groups in total. The Morgan fingerprint density at radius 2 is 1.87 bits per heavy atom. The third kappa shape index (κ3) is 5.35. The van der Waals surface area contributed by atoms with Crippen LogP contribution >= 0.6 is 23.8 Å². The van der Waals surface area contributed by atoms with Crippen molar-refractivity contribution in [2.24, 2.45) is 0 Å². The van der Waals surface area contributed by atoms with E-state index in [4.69, 9.17) is 23.8 Å². The maximum atomic E-state index is 12.9. The second kappa shape index (κ2) is 11.1. The van der Waals surface area contributed by atoms with Crippen LogP contribution in [-0.2, 0) is 4.79 Å². The van der Waals surface area contributed by atoms with E-state index in [-0.39, 0.29) is 30.2 Å². The van der Waals surface area contributed by atoms with Crippen LogP contribution < -0.4 is 10.6 Å². The summed E-state index contributed by atoms with van der Waals surface area (Å²) in [5, 5.41) is 18.2. The number of phenolic OH excluding ortho intramolecular Hbond substituents is 1. The Hall–Kier alpha value is -3.88. The molecule has 39 heavy (non-hydrogen) atoms. The average molecular weight is 560 g/mol. The quantitative estimate of drug-likeness (QED) is 0.235. The van der Waals surface area contributed by atoms with Gasteiger partial charge in [-0.3, -0.25) is 9.78 Å². The minimum absolute atomic E-state index is 0.0820. The van der Waals surface area contributed by atoms with Crippen molar-refractivity contribution >= 4 is 40.5 Å². The fourth-order valence-corrected chi connectivity index (χ4v) is 5.76. The number of aromatic hydroxyl groups is 1. The number of aromatic nitrogens is 2. The molecule has 2 aromatic heterocycles. The van der Waals surface area contributed by atoms with Gasteiger partial charge < -0.3 is 25.2 Å². The molecule has 0 radical (unpaired) electrons. The average Bonchev–Trinajstić information content (AvgIpc) is 3.40. The number of halogens is 1. The number of nitrogens with zero attached hydrogens (tertiary/aromatic N) is 3. The second-order valence-electron chi connectivity index (χ2n) is 9.73. The Labute approximate surface area is 238 Å². The summed E-state index contributed by atoms with van der Waals surface area (Å²) in [5.74, 6) is 0.0558. The van der Waals surface area contributed by atoms with Crippen molar-refractivity contribution in [1.29, 1.82) is 0 Å². The molecule has 0 unspecified atom stereocenters. The number of hydrogen-bond donors (Lipinski definition) is 3. The van der Waals surface area contributed by atoms with Crippen molar-refractivity contribution < 1.29 is 9.90 Å². The number of anilines is 1. The summed E-state index contributed by atoms with van der Waals surface area (Å²) in [6.45, 7) is 6.40. The molecular weight excluding hydrogens is 530 g/mol. The molecule has 4 aromatic rings. The Bertz CT molecular complexity index is 1540. The third-order valence-corrected chi connectivity index (χ3v) is 7.75. The number of carbonyl (C=O) groups excluding carboxylic acids is 1. The number of amides is 1. The van der Waals surface area contributed by atoms with E-state index in [9.17, 15) is 9.90 Å². The molecule has 7 nitrogen and oxygen atoms in total. The molecule has 0 aliphatic carbocycles. The normalized spacial score (nSPS) is 16.8. The fraction of sp³-hybridized carbons (Fsp3) is 0.233. The fourth-order valence-electron chi connectivity index (χ4n) is 5.27. The van der Waals surface area contributed by atoms with Gasteiger partial charge in [0.2, 0.25) is 5.91 Å². The zero-order chi connectivity index (χ0) is 27.7. The van der Waals surface area contributed by atoms with Gasteiger partial charge in [0.25, 0.3) is 0 Å². The predicted molar refractivity (Wildman–Crippen MR) is 159 cm³/mol. The Kier molecular flexibility index (Phi) is 7.59. The second-order valence-corrected chi connectivity index (χ2v) is 10.6. The minimum atomic E-state index is -0.222. The Morgan fingerprint density at radius 3 is 2.62 bits per heavy atom. The molecule has 0 saturated carbocycles. The first-order chi connectivity index (χ1) is 18.7. The Morgan fingerprint density at radius 1 is 1.10 bits per heavy atom. The maximum absolute atomic E-state index is 12.9. The van der Waals surface area contributed by atoms with Gasteiger partial charge in [0, 0.05) is 41.3 Å². The van der Waals surface area contributed by atoms with Crippen LogP contribution in [0.1, 0.15) is 46.7 Å². The van der Waals surface area contributed by atoms with Crippen molar-refractivity contribution in [3.63, 3.8) is 0 Å². The van der Waals surface area contributed by atoms with E-state index in [1.807, 2.05) is 67.8 Å². The lowest BCUT2D eigenvalue weighted by molar-refractivity contribution is -0.116. The van der Waals surface area contributed by atoms with Gasteiger partial charge in [-0.2, -0.15) is 0 Å². The van der Waals surface area contributed by atoms with Crippen molar-refractivity contribution in [2.75, 3.05) is 11.9 Å². The summed E-state index contributed by atoms with van der Waals surface area (Å²) in [4.78, 5) is 19.6. The van der Waals surface area contributed by atoms with E-state index >= 15 is 0 Å². The monoisotopic (exact) mass is 559 g/mol. The van der Waals surface area contributed by atoms with Crippen LogP contribution in [0.2, 0.25) is 5.02 Å². The first-order valence-electron chi connectivity index (χ1n) is 12.8. The zero-order valence-electron chi connectivity index (χ0n) is 22.0. The summed E-state index contributed by atoms with van der Waals surface area (Å²) in [6, 6.07) is 20.2. The summed E-state index contributed by atoms with van der Waals surface area (Å²) in [5.41, 5.74) is 6.18. The number of hydrogen-bond acceptors (Lipinski definition) is 4. The van der Waals surface area contributed by atoms with Gasteiger partial charge in [-0.1, -0.05) is 35.9 Å². The largest absolute Gasteiger partial charge is 0.506 e. The molecule has 3 heterocycles. The van der Waals surface area contributed by atoms with Crippen molar-refractivity contribution in [3.8, 4) is 11.4 Å². The smallest absolute Gasteiger partial charge is 0.226 e. The predicted octanol–water partition coefficient (Wildman–Crippen LogP) is 6.16. The van der Waals surface area contributed by atoms with Gasteiger partial charge in [0.15, 0.2) is 5.11 Å². The summed E-state index contributed by atoms with van der Waals surface area (Å²) in [6.07, 6.45) is 2.03. The van der Waals surface area contributed by atoms with Crippen LogP contribution in [0.5, 0.6) is 5.75 Å². The van der Waals surface area contributed by atoms with Crippen LogP contribution in [0.3, 0.4) is 0 Å². The first-order valence-corrected chi connectivity index (χ1v) is 13.5. The highest BCUT2D eigenvalue weighted by Crippen LogP contribution is 2.42. The number of thiocarbonyl (C=S) groups is 1. The van der Waals surface area contributed by atoms with Crippen LogP contribution in [0.25, 0.3) is 5.69 Å². The van der Waals surface area contributed by atoms with Gasteiger partial charge in [-0.25, -0.2) is 0 Å². The van der Waals surface area contributed by atoms with Crippen LogP contribution in [-0.4, -0.2) is 37.1 Å². The highest BCUT2D eigenvalue weighted by Gasteiger charge is 2.41. The molecule has 2 aromatic carbocycles. The van der Waals surface area contributed by atoms with E-state index in [1.54, 1.807) is 24.4 Å². The number of para-hydroxylation sites is 1. The van der Waals surface area contributed by atoms with Gasteiger partial charge >= 0.3 is 0 Å². The van der Waals surface area contributed by atoms with Gasteiger partial charge in [-0.15, -0.1) is 0 Å². The molecule has 1 aliphatic heterocycles. The number of phenols is 1. The molecular formula is C30H30ClN5O2S. The van der Waals surface area contributed by atoms with Gasteiger partial charge in [0.05, 0.1) is 23.5 Å². The molecule has 1 saturated heterocycles. The molecule has 1 aliphatic rings. The molecule has 1 fully saturated rings. The number of benzene rings is 2. The molecule has 5 rings (SSSR count). The molecule has 200 valence electrons. The van der Waals surface area contributed by atoms with Gasteiger partial charge in [-0.05, 0) is 86.6 Å². The number of nitrogens with one attached hydrogen (secondary N) is 2. The molecule has 1 amide bonds. The van der Waals surface area contributed by atoms with E-state index in [0.717, 1.165) is 33.9 Å². The number of aryl methyl sites for hydroxylation is 2. The van der Waals surface area contributed by atoms with E-state index in [0.29, 0.717) is 22.4 Å². The van der Waals surface area contributed by atoms with Crippen molar-refractivity contribution in [3.05, 3.63) is 106 Å². The number of carbonyl (C=O) groups is 1. The van der Waals surface area contributed by atoms with Crippen LogP contribution in [0, 0.1) is 20.8 Å². The molecule has 0 spiro atoms. The topological polar surface area (TPSA) is 82.4 Å².